The lowest BCUT2D eigenvalue weighted by molar-refractivity contribution is -0.145. The number of likely N-dealkylation sites (tertiary alicyclic amines) is 1. The third kappa shape index (κ3) is 2.69. The van der Waals surface area contributed by atoms with Gasteiger partial charge >= 0.3 is 0 Å². The predicted octanol–water partition coefficient (Wildman–Crippen LogP) is 1.14. The zero-order chi connectivity index (χ0) is 13.2. The van der Waals surface area contributed by atoms with Crippen molar-refractivity contribution < 1.29 is 9.90 Å². The lowest BCUT2D eigenvalue weighted by Crippen LogP contribution is -2.51. The van der Waals surface area contributed by atoms with Gasteiger partial charge in [0.25, 0.3) is 0 Å². The summed E-state index contributed by atoms with van der Waals surface area (Å²) in [6, 6.07) is 0. The molecule has 0 aromatic rings. The van der Waals surface area contributed by atoms with Gasteiger partial charge in [-0.25, -0.2) is 0 Å². The van der Waals surface area contributed by atoms with Gasteiger partial charge in [-0.1, -0.05) is 13.3 Å². The molecule has 0 aromatic carbocycles. The van der Waals surface area contributed by atoms with Crippen LogP contribution in [0.1, 0.15) is 46.0 Å². The van der Waals surface area contributed by atoms with Crippen molar-refractivity contribution >= 4 is 5.91 Å². The molecule has 1 unspecified atom stereocenters. The van der Waals surface area contributed by atoms with Crippen LogP contribution in [0.25, 0.3) is 0 Å². The van der Waals surface area contributed by atoms with E-state index in [-0.39, 0.29) is 5.41 Å². The third-order valence-electron chi connectivity index (χ3n) is 4.55. The van der Waals surface area contributed by atoms with Crippen LogP contribution in [0.2, 0.25) is 0 Å². The highest BCUT2D eigenvalue weighted by atomic mass is 16.3. The van der Waals surface area contributed by atoms with Crippen LogP contribution in [0, 0.1) is 5.41 Å². The molecule has 0 bridgehead atoms. The summed E-state index contributed by atoms with van der Waals surface area (Å²) < 4.78 is 0. The molecule has 2 aliphatic heterocycles. The molecule has 0 radical (unpaired) electrons. The summed E-state index contributed by atoms with van der Waals surface area (Å²) >= 11 is 0. The molecule has 18 heavy (non-hydrogen) atoms. The summed E-state index contributed by atoms with van der Waals surface area (Å²) in [7, 11) is 0. The average molecular weight is 254 g/mol. The molecule has 1 atom stereocenters. The fraction of sp³-hybridized carbons (Fsp3) is 0.929. The molecule has 2 saturated heterocycles. The Hall–Kier alpha value is -0.610. The standard InChI is InChI=1S/C14H26N2O2/c1-3-4-14(5-8-15-11-14)12(17)16-9-6-13(2,18)7-10-16/h15,18H,3-11H2,1-2H3. The predicted molar refractivity (Wildman–Crippen MR) is 71.3 cm³/mol. The number of hydrogen-bond donors (Lipinski definition) is 2. The first-order valence-electron chi connectivity index (χ1n) is 7.22. The number of carbonyl (C=O) groups excluding carboxylic acids is 1. The number of rotatable bonds is 3. The van der Waals surface area contributed by atoms with Gasteiger partial charge in [-0.3, -0.25) is 4.79 Å². The van der Waals surface area contributed by atoms with Crippen LogP contribution < -0.4 is 5.32 Å². The normalized spacial score (nSPS) is 31.6. The topological polar surface area (TPSA) is 52.6 Å². The number of nitrogens with one attached hydrogen (secondary N) is 1. The lowest BCUT2D eigenvalue weighted by atomic mass is 9.80. The van der Waals surface area contributed by atoms with Gasteiger partial charge in [-0.2, -0.15) is 0 Å². The van der Waals surface area contributed by atoms with Gasteiger partial charge in [0.05, 0.1) is 11.0 Å². The van der Waals surface area contributed by atoms with Crippen molar-refractivity contribution in [3.63, 3.8) is 0 Å². The first-order valence-corrected chi connectivity index (χ1v) is 7.22. The van der Waals surface area contributed by atoms with E-state index in [1.165, 1.54) is 0 Å². The Morgan fingerprint density at radius 3 is 2.50 bits per heavy atom. The van der Waals surface area contributed by atoms with E-state index >= 15 is 0 Å². The zero-order valence-electron chi connectivity index (χ0n) is 11.7. The van der Waals surface area contributed by atoms with Crippen molar-refractivity contribution in [1.29, 1.82) is 0 Å². The maximum Gasteiger partial charge on any atom is 0.230 e. The number of amides is 1. The van der Waals surface area contributed by atoms with Gasteiger partial charge in [-0.05, 0) is 39.2 Å². The Morgan fingerprint density at radius 2 is 2.00 bits per heavy atom. The van der Waals surface area contributed by atoms with E-state index in [4.69, 9.17) is 0 Å². The summed E-state index contributed by atoms with van der Waals surface area (Å²) in [6.45, 7) is 7.21. The molecule has 4 nitrogen and oxygen atoms in total. The molecule has 2 aliphatic rings. The fourth-order valence-corrected chi connectivity index (χ4v) is 3.25. The lowest BCUT2D eigenvalue weighted by Gasteiger charge is -2.40. The number of piperidine rings is 1. The second kappa shape index (κ2) is 5.17. The average Bonchev–Trinajstić information content (AvgIpc) is 2.78. The smallest absolute Gasteiger partial charge is 0.230 e. The van der Waals surface area contributed by atoms with E-state index in [2.05, 4.69) is 12.2 Å². The van der Waals surface area contributed by atoms with Crippen LogP contribution in [0.4, 0.5) is 0 Å². The first kappa shape index (κ1) is 13.8. The highest BCUT2D eigenvalue weighted by Crippen LogP contribution is 2.35. The van der Waals surface area contributed by atoms with Crippen LogP contribution >= 0.6 is 0 Å². The van der Waals surface area contributed by atoms with E-state index in [9.17, 15) is 9.90 Å². The van der Waals surface area contributed by atoms with Crippen LogP contribution in [-0.4, -0.2) is 47.7 Å². The highest BCUT2D eigenvalue weighted by Gasteiger charge is 2.44. The minimum Gasteiger partial charge on any atom is -0.390 e. The molecule has 2 fully saturated rings. The third-order valence-corrected chi connectivity index (χ3v) is 4.55. The van der Waals surface area contributed by atoms with Gasteiger partial charge in [0.1, 0.15) is 0 Å². The fourth-order valence-electron chi connectivity index (χ4n) is 3.25. The summed E-state index contributed by atoms with van der Waals surface area (Å²) in [4.78, 5) is 14.7. The van der Waals surface area contributed by atoms with Gasteiger partial charge in [-0.15, -0.1) is 0 Å². The van der Waals surface area contributed by atoms with Gasteiger partial charge in [0.2, 0.25) is 5.91 Å². The van der Waals surface area contributed by atoms with Crippen LogP contribution in [0.3, 0.4) is 0 Å². The summed E-state index contributed by atoms with van der Waals surface area (Å²) in [5.74, 6) is 0.310. The minimum atomic E-state index is -0.581. The van der Waals surface area contributed by atoms with Crippen molar-refractivity contribution in [2.75, 3.05) is 26.2 Å². The number of carbonyl (C=O) groups is 1. The molecule has 0 saturated carbocycles. The molecule has 1 amide bonds. The Bertz CT molecular complexity index is 299. The molecule has 104 valence electrons. The van der Waals surface area contributed by atoms with Crippen molar-refractivity contribution in [2.45, 2.75) is 51.6 Å². The second-order valence-electron chi connectivity index (χ2n) is 6.25. The molecule has 0 aliphatic carbocycles. The van der Waals surface area contributed by atoms with E-state index in [0.717, 1.165) is 32.4 Å². The molecular formula is C14H26N2O2. The molecule has 0 aromatic heterocycles. The second-order valence-corrected chi connectivity index (χ2v) is 6.25. The van der Waals surface area contributed by atoms with Gasteiger partial charge in [0.15, 0.2) is 0 Å². The molecule has 2 heterocycles. The number of aliphatic hydroxyl groups is 1. The number of hydrogen-bond acceptors (Lipinski definition) is 3. The largest absolute Gasteiger partial charge is 0.390 e. The van der Waals surface area contributed by atoms with Crippen LogP contribution in [0.5, 0.6) is 0 Å². The van der Waals surface area contributed by atoms with E-state index < -0.39 is 5.60 Å². The minimum absolute atomic E-state index is 0.169. The Labute approximate surface area is 110 Å². The van der Waals surface area contributed by atoms with Crippen LogP contribution in [0.15, 0.2) is 0 Å². The van der Waals surface area contributed by atoms with Crippen molar-refractivity contribution in [1.82, 2.24) is 10.2 Å². The van der Waals surface area contributed by atoms with Gasteiger partial charge < -0.3 is 15.3 Å². The van der Waals surface area contributed by atoms with E-state index in [0.29, 0.717) is 31.8 Å². The highest BCUT2D eigenvalue weighted by molar-refractivity contribution is 5.83. The Morgan fingerprint density at radius 1 is 1.33 bits per heavy atom. The first-order chi connectivity index (χ1) is 8.49. The van der Waals surface area contributed by atoms with Crippen LogP contribution in [-0.2, 0) is 4.79 Å². The summed E-state index contributed by atoms with van der Waals surface area (Å²) in [5.41, 5.74) is -0.749. The monoisotopic (exact) mass is 254 g/mol. The van der Waals surface area contributed by atoms with Crippen molar-refractivity contribution in [2.24, 2.45) is 5.41 Å². The van der Waals surface area contributed by atoms with Crippen molar-refractivity contribution in [3.05, 3.63) is 0 Å². The quantitative estimate of drug-likeness (QED) is 0.794. The number of nitrogens with zero attached hydrogens (tertiary/aromatic N) is 1. The van der Waals surface area contributed by atoms with Crippen molar-refractivity contribution in [3.8, 4) is 0 Å². The Balaban J connectivity index is 2.01. The van der Waals surface area contributed by atoms with E-state index in [1.54, 1.807) is 0 Å². The molecule has 2 rings (SSSR count). The van der Waals surface area contributed by atoms with E-state index in [1.807, 2.05) is 11.8 Å². The zero-order valence-corrected chi connectivity index (χ0v) is 11.7. The van der Waals surface area contributed by atoms with Gasteiger partial charge in [0, 0.05) is 19.6 Å². The maximum absolute atomic E-state index is 12.7. The molecule has 2 N–H and O–H groups in total. The summed E-state index contributed by atoms with van der Waals surface area (Å²) in [5, 5.41) is 13.3. The molecular weight excluding hydrogens is 228 g/mol. The summed E-state index contributed by atoms with van der Waals surface area (Å²) in [6.07, 6.45) is 4.40. The maximum atomic E-state index is 12.7. The molecule has 0 spiro atoms. The molecule has 4 heteroatoms. The SMILES string of the molecule is CCCC1(C(=O)N2CCC(C)(O)CC2)CCNC1. The Kier molecular flexibility index (Phi) is 3.97.